The second-order valence-corrected chi connectivity index (χ2v) is 6.34. The number of halogens is 6. The highest BCUT2D eigenvalue weighted by Crippen LogP contribution is 2.42. The Balaban J connectivity index is 2.79. The van der Waals surface area contributed by atoms with Crippen molar-refractivity contribution in [1.82, 2.24) is 4.98 Å². The summed E-state index contributed by atoms with van der Waals surface area (Å²) in [6.07, 6.45) is -4.20. The van der Waals surface area contributed by atoms with E-state index in [1.165, 1.54) is 6.92 Å². The van der Waals surface area contributed by atoms with Crippen LogP contribution in [0.25, 0.3) is 0 Å². The summed E-state index contributed by atoms with van der Waals surface area (Å²) in [5, 5.41) is 0. The number of hydrogen-bond donors (Lipinski definition) is 0. The maximum absolute atomic E-state index is 14.0. The molecule has 1 aliphatic rings. The van der Waals surface area contributed by atoms with Gasteiger partial charge in [0, 0.05) is 6.04 Å². The molecule has 0 spiro atoms. The molecular weight excluding hydrogens is 415 g/mol. The summed E-state index contributed by atoms with van der Waals surface area (Å²) >= 11 is 5.11. The molecule has 1 heterocycles. The molecule has 1 aliphatic carbocycles. The van der Waals surface area contributed by atoms with Crippen LogP contribution in [0.4, 0.5) is 27.8 Å². The monoisotopic (exact) mass is 430 g/mol. The van der Waals surface area contributed by atoms with E-state index in [9.17, 15) is 31.5 Å². The van der Waals surface area contributed by atoms with E-state index in [0.717, 1.165) is 7.11 Å². The van der Waals surface area contributed by atoms with Gasteiger partial charge in [-0.05, 0) is 43.9 Å². The first kappa shape index (κ1) is 22.1. The lowest BCUT2D eigenvalue weighted by atomic mass is 9.91. The average Bonchev–Trinajstić information content (AvgIpc) is 2.54. The number of alkyl halides is 6. The minimum absolute atomic E-state index is 0.147. The van der Waals surface area contributed by atoms with Crippen LogP contribution in [-0.4, -0.2) is 42.2 Å². The molecule has 28 heavy (non-hydrogen) atoms. The van der Waals surface area contributed by atoms with Crippen molar-refractivity contribution in [1.29, 1.82) is 0 Å². The minimum atomic E-state index is -5.18. The fraction of sp³-hybridized carbons (Fsp3) is 0.562. The Labute approximate surface area is 161 Å². The van der Waals surface area contributed by atoms with Crippen molar-refractivity contribution in [3.8, 4) is 0 Å². The van der Waals surface area contributed by atoms with E-state index >= 15 is 0 Å². The Morgan fingerprint density at radius 2 is 1.82 bits per heavy atom. The summed E-state index contributed by atoms with van der Waals surface area (Å²) in [6, 6.07) is -0.443. The van der Waals surface area contributed by atoms with Crippen LogP contribution in [0.5, 0.6) is 0 Å². The largest absolute Gasteiger partial charge is 0.465 e. The van der Waals surface area contributed by atoms with Crippen molar-refractivity contribution in [3.63, 3.8) is 0 Å². The number of carbonyl (C=O) groups excluding carboxylic acids is 2. The Kier molecular flexibility index (Phi) is 6.37. The fourth-order valence-electron chi connectivity index (χ4n) is 2.67. The first-order chi connectivity index (χ1) is 12.9. The van der Waals surface area contributed by atoms with E-state index in [2.05, 4.69) is 14.5 Å². The first-order valence-electron chi connectivity index (χ1n) is 8.15. The number of hydrogen-bond acceptors (Lipinski definition) is 6. The van der Waals surface area contributed by atoms with Crippen LogP contribution in [0.1, 0.15) is 52.6 Å². The third-order valence-electron chi connectivity index (χ3n) is 4.11. The van der Waals surface area contributed by atoms with E-state index in [1.807, 2.05) is 0 Å². The molecule has 1 aromatic rings. The van der Waals surface area contributed by atoms with Gasteiger partial charge in [0.2, 0.25) is 0 Å². The molecule has 0 saturated heterocycles. The van der Waals surface area contributed by atoms with Gasteiger partial charge in [-0.3, -0.25) is 4.90 Å². The predicted octanol–water partition coefficient (Wildman–Crippen LogP) is 4.21. The molecule has 1 aromatic heterocycles. The molecule has 0 unspecified atom stereocenters. The third kappa shape index (κ3) is 4.45. The van der Waals surface area contributed by atoms with Crippen molar-refractivity contribution in [2.75, 3.05) is 18.6 Å². The third-order valence-corrected chi connectivity index (χ3v) is 4.29. The molecule has 0 aliphatic heterocycles. The molecule has 1 fully saturated rings. The van der Waals surface area contributed by atoms with Gasteiger partial charge < -0.3 is 9.47 Å². The van der Waals surface area contributed by atoms with Gasteiger partial charge in [0.05, 0.1) is 19.3 Å². The van der Waals surface area contributed by atoms with Crippen LogP contribution in [-0.2, 0) is 15.7 Å². The van der Waals surface area contributed by atoms with Crippen LogP contribution >= 0.6 is 11.6 Å². The van der Waals surface area contributed by atoms with Gasteiger partial charge in [-0.25, -0.2) is 14.6 Å². The molecule has 6 nitrogen and oxygen atoms in total. The molecule has 0 aromatic carbocycles. The number of methoxy groups -OCH3 is 1. The van der Waals surface area contributed by atoms with Crippen molar-refractivity contribution in [3.05, 3.63) is 22.9 Å². The molecule has 12 heteroatoms. The zero-order valence-electron chi connectivity index (χ0n) is 14.8. The number of nitrogens with zero attached hydrogens (tertiary/aromatic N) is 2. The Morgan fingerprint density at radius 1 is 1.21 bits per heavy atom. The Morgan fingerprint density at radius 3 is 2.21 bits per heavy atom. The standard InChI is InChI=1S/C16H16ClF5N2O4/c1-3-28-14(26)9-7-10(13(25)27-2)12(23-11(9)15(18,19)20)24(16(17,21)22)8-5-4-6-8/h7-8H,3-6H2,1-2H3. The summed E-state index contributed by atoms with van der Waals surface area (Å²) in [5.41, 5.74) is -7.75. The molecule has 2 rings (SSSR count). The topological polar surface area (TPSA) is 68.7 Å². The van der Waals surface area contributed by atoms with Gasteiger partial charge in [-0.1, -0.05) is 0 Å². The highest BCUT2D eigenvalue weighted by Gasteiger charge is 2.47. The van der Waals surface area contributed by atoms with Crippen molar-refractivity contribution < 1.29 is 41.0 Å². The second-order valence-electron chi connectivity index (χ2n) is 5.89. The highest BCUT2D eigenvalue weighted by molar-refractivity contribution is 6.23. The van der Waals surface area contributed by atoms with Gasteiger partial charge in [0.15, 0.2) is 5.69 Å². The SMILES string of the molecule is CCOC(=O)c1cc(C(=O)OC)c(N(C2CCC2)C(F)(F)Cl)nc1C(F)(F)F. The van der Waals surface area contributed by atoms with Gasteiger partial charge in [0.1, 0.15) is 11.4 Å². The lowest BCUT2D eigenvalue weighted by molar-refractivity contribution is -0.141. The van der Waals surface area contributed by atoms with Crippen LogP contribution in [0.2, 0.25) is 0 Å². The molecule has 0 atom stereocenters. The van der Waals surface area contributed by atoms with E-state index in [1.54, 1.807) is 0 Å². The summed E-state index contributed by atoms with van der Waals surface area (Å²) in [7, 11) is 0.903. The smallest absolute Gasteiger partial charge is 0.434 e. The van der Waals surface area contributed by atoms with Crippen molar-refractivity contribution in [2.45, 2.75) is 43.9 Å². The molecular formula is C16H16ClF5N2O4. The first-order valence-corrected chi connectivity index (χ1v) is 8.53. The van der Waals surface area contributed by atoms with E-state index < -0.39 is 52.3 Å². The van der Waals surface area contributed by atoms with Gasteiger partial charge in [0.25, 0.3) is 0 Å². The zero-order chi connectivity index (χ0) is 21.3. The molecule has 0 N–H and O–H groups in total. The van der Waals surface area contributed by atoms with Gasteiger partial charge >= 0.3 is 23.6 Å². The lowest BCUT2D eigenvalue weighted by Gasteiger charge is -2.40. The number of anilines is 1. The normalized spacial score (nSPS) is 15.0. The predicted molar refractivity (Wildman–Crippen MR) is 87.5 cm³/mol. The van der Waals surface area contributed by atoms with Crippen LogP contribution < -0.4 is 4.90 Å². The van der Waals surface area contributed by atoms with Crippen molar-refractivity contribution >= 4 is 29.4 Å². The molecule has 0 amide bonds. The van der Waals surface area contributed by atoms with Crippen LogP contribution in [0.3, 0.4) is 0 Å². The number of esters is 2. The summed E-state index contributed by atoms with van der Waals surface area (Å²) in [6.45, 7) is 1.11. The number of carbonyl (C=O) groups is 2. The number of ether oxygens (including phenoxy) is 2. The number of pyridine rings is 1. The highest BCUT2D eigenvalue weighted by atomic mass is 35.5. The molecule has 0 radical (unpaired) electrons. The molecule has 156 valence electrons. The Hall–Kier alpha value is -2.17. The van der Waals surface area contributed by atoms with E-state index in [0.29, 0.717) is 12.5 Å². The summed E-state index contributed by atoms with van der Waals surface area (Å²) in [4.78, 5) is 27.4. The number of rotatable bonds is 6. The molecule has 1 saturated carbocycles. The zero-order valence-corrected chi connectivity index (χ0v) is 15.5. The van der Waals surface area contributed by atoms with E-state index in [4.69, 9.17) is 11.6 Å². The van der Waals surface area contributed by atoms with Crippen LogP contribution in [0, 0.1) is 0 Å². The molecule has 0 bridgehead atoms. The average molecular weight is 431 g/mol. The summed E-state index contributed by atoms with van der Waals surface area (Å²) in [5.74, 6) is -3.68. The van der Waals surface area contributed by atoms with Gasteiger partial charge in [-0.2, -0.15) is 22.0 Å². The van der Waals surface area contributed by atoms with E-state index in [-0.39, 0.29) is 24.3 Å². The van der Waals surface area contributed by atoms with Crippen LogP contribution in [0.15, 0.2) is 6.07 Å². The Bertz CT molecular complexity index is 763. The quantitative estimate of drug-likeness (QED) is 0.291. The number of aromatic nitrogens is 1. The second kappa shape index (κ2) is 8.06. The fourth-order valence-corrected chi connectivity index (χ4v) is 2.89. The van der Waals surface area contributed by atoms with Crippen molar-refractivity contribution in [2.24, 2.45) is 0 Å². The van der Waals surface area contributed by atoms with Gasteiger partial charge in [-0.15, -0.1) is 0 Å². The lowest BCUT2D eigenvalue weighted by Crippen LogP contribution is -2.50. The summed E-state index contributed by atoms with van der Waals surface area (Å²) < 4.78 is 77.5. The maximum Gasteiger partial charge on any atom is 0.434 e. The minimum Gasteiger partial charge on any atom is -0.465 e. The maximum atomic E-state index is 14.0.